The van der Waals surface area contributed by atoms with E-state index in [9.17, 15) is 4.79 Å². The van der Waals surface area contributed by atoms with E-state index in [1.807, 2.05) is 31.0 Å². The quantitative estimate of drug-likeness (QED) is 0.922. The number of carbonyl (C=O) groups is 1. The Morgan fingerprint density at radius 3 is 2.42 bits per heavy atom. The van der Waals surface area contributed by atoms with E-state index in [0.29, 0.717) is 0 Å². The third-order valence-electron chi connectivity index (χ3n) is 4.21. The van der Waals surface area contributed by atoms with Gasteiger partial charge in [0.05, 0.1) is 12.8 Å². The third kappa shape index (κ3) is 3.31. The molecule has 0 spiro atoms. The molecule has 128 valence electrons. The highest BCUT2D eigenvalue weighted by molar-refractivity contribution is 7.17. The second kappa shape index (κ2) is 7.09. The van der Waals surface area contributed by atoms with E-state index < -0.39 is 0 Å². The lowest BCUT2D eigenvalue weighted by molar-refractivity contribution is 0.0750. The fourth-order valence-electron chi connectivity index (χ4n) is 2.81. The Hall–Kier alpha value is -2.28. The molecule has 1 aromatic carbocycles. The lowest BCUT2D eigenvalue weighted by Gasteiger charge is -2.36. The molecule has 0 atom stereocenters. The van der Waals surface area contributed by atoms with Crippen LogP contribution in [0.1, 0.15) is 15.4 Å². The predicted octanol–water partition coefficient (Wildman–Crippen LogP) is 2.46. The maximum absolute atomic E-state index is 12.7. The number of nitrogens with one attached hydrogen (secondary N) is 1. The van der Waals surface area contributed by atoms with Crippen LogP contribution in [0.25, 0.3) is 0 Å². The van der Waals surface area contributed by atoms with E-state index in [-0.39, 0.29) is 5.91 Å². The monoisotopic (exact) mass is 346 g/mol. The summed E-state index contributed by atoms with van der Waals surface area (Å²) in [5.74, 6) is 0.939. The number of piperazine rings is 1. The number of aryl methyl sites for hydroxylation is 1. The van der Waals surface area contributed by atoms with Crippen LogP contribution in [-0.4, -0.2) is 56.1 Å². The fraction of sp³-hybridized carbons (Fsp3) is 0.412. The molecule has 0 unspecified atom stereocenters. The van der Waals surface area contributed by atoms with Gasteiger partial charge >= 0.3 is 0 Å². The van der Waals surface area contributed by atoms with E-state index >= 15 is 0 Å². The van der Waals surface area contributed by atoms with Crippen molar-refractivity contribution in [3.63, 3.8) is 0 Å². The van der Waals surface area contributed by atoms with Crippen LogP contribution in [0.3, 0.4) is 0 Å². The summed E-state index contributed by atoms with van der Waals surface area (Å²) in [6.45, 7) is 4.98. The summed E-state index contributed by atoms with van der Waals surface area (Å²) in [5, 5.41) is 3.79. The molecule has 1 N–H and O–H groups in total. The molecule has 2 heterocycles. The smallest absolute Gasteiger partial charge is 0.266 e. The van der Waals surface area contributed by atoms with Gasteiger partial charge in [0.25, 0.3) is 5.91 Å². The van der Waals surface area contributed by atoms with Crippen molar-refractivity contribution in [3.8, 4) is 5.75 Å². The number of ether oxygens (including phenoxy) is 1. The summed E-state index contributed by atoms with van der Waals surface area (Å²) in [4.78, 5) is 22.0. The number of rotatable bonds is 4. The Morgan fingerprint density at radius 1 is 1.21 bits per heavy atom. The van der Waals surface area contributed by atoms with Gasteiger partial charge in [0.1, 0.15) is 10.6 Å². The van der Waals surface area contributed by atoms with Crippen molar-refractivity contribution in [3.05, 3.63) is 34.8 Å². The Bertz CT molecular complexity index is 706. The number of hydrogen-bond donors (Lipinski definition) is 1. The van der Waals surface area contributed by atoms with Crippen molar-refractivity contribution in [1.82, 2.24) is 9.88 Å². The van der Waals surface area contributed by atoms with Crippen LogP contribution >= 0.6 is 11.3 Å². The highest BCUT2D eigenvalue weighted by Crippen LogP contribution is 2.25. The fourth-order valence-corrected chi connectivity index (χ4v) is 3.69. The summed E-state index contributed by atoms with van der Waals surface area (Å²) in [6, 6.07) is 8.05. The van der Waals surface area contributed by atoms with Gasteiger partial charge in [-0.05, 0) is 31.2 Å². The molecule has 1 aliphatic rings. The maximum atomic E-state index is 12.7. The maximum Gasteiger partial charge on any atom is 0.266 e. The van der Waals surface area contributed by atoms with Crippen molar-refractivity contribution in [2.24, 2.45) is 0 Å². The molecule has 1 saturated heterocycles. The van der Waals surface area contributed by atoms with Crippen molar-refractivity contribution in [1.29, 1.82) is 0 Å². The lowest BCUT2D eigenvalue weighted by atomic mass is 10.2. The van der Waals surface area contributed by atoms with Crippen molar-refractivity contribution in [2.75, 3.05) is 50.6 Å². The van der Waals surface area contributed by atoms with E-state index in [1.54, 1.807) is 7.11 Å². The highest BCUT2D eigenvalue weighted by Gasteiger charge is 2.25. The summed E-state index contributed by atoms with van der Waals surface area (Å²) in [7, 11) is 3.49. The first-order valence-electron chi connectivity index (χ1n) is 7.96. The zero-order valence-corrected chi connectivity index (χ0v) is 15.0. The average molecular weight is 346 g/mol. The largest absolute Gasteiger partial charge is 0.497 e. The van der Waals surface area contributed by atoms with Crippen LogP contribution in [0.15, 0.2) is 24.3 Å². The summed E-state index contributed by atoms with van der Waals surface area (Å²) < 4.78 is 5.20. The molecule has 24 heavy (non-hydrogen) atoms. The van der Waals surface area contributed by atoms with Gasteiger partial charge in [-0.1, -0.05) is 11.3 Å². The molecule has 1 amide bonds. The van der Waals surface area contributed by atoms with Crippen molar-refractivity contribution < 1.29 is 9.53 Å². The minimum absolute atomic E-state index is 0.0841. The Kier molecular flexibility index (Phi) is 4.89. The molecule has 7 heteroatoms. The van der Waals surface area contributed by atoms with Crippen LogP contribution in [0, 0.1) is 6.92 Å². The zero-order chi connectivity index (χ0) is 17.1. The molecule has 0 saturated carbocycles. The number of hydrogen-bond acceptors (Lipinski definition) is 6. The third-order valence-corrected chi connectivity index (χ3v) is 5.37. The van der Waals surface area contributed by atoms with Crippen LogP contribution in [0.2, 0.25) is 0 Å². The van der Waals surface area contributed by atoms with Crippen LogP contribution in [0.5, 0.6) is 5.75 Å². The van der Waals surface area contributed by atoms with E-state index in [1.165, 1.54) is 11.3 Å². The second-order valence-electron chi connectivity index (χ2n) is 5.66. The number of aromatic nitrogens is 1. The Morgan fingerprint density at radius 2 is 1.88 bits per heavy atom. The molecule has 6 nitrogen and oxygen atoms in total. The molecule has 1 fully saturated rings. The standard InChI is InChI=1S/C17H22N4O2S/c1-12-15(24-17(18-2)19-12)16(22)21-10-8-20(9-11-21)13-4-6-14(23-3)7-5-13/h4-7H,8-11H2,1-3H3,(H,18,19). The number of thiazole rings is 1. The van der Waals surface area contributed by atoms with Gasteiger partial charge in [0, 0.05) is 38.9 Å². The van der Waals surface area contributed by atoms with E-state index in [0.717, 1.165) is 53.3 Å². The summed E-state index contributed by atoms with van der Waals surface area (Å²) >= 11 is 1.42. The van der Waals surface area contributed by atoms with Gasteiger partial charge in [-0.25, -0.2) is 4.98 Å². The average Bonchev–Trinajstić information content (AvgIpc) is 3.02. The normalized spacial score (nSPS) is 14.6. The Labute approximate surface area is 146 Å². The molecule has 1 aromatic heterocycles. The SMILES string of the molecule is CNc1nc(C)c(C(=O)N2CCN(c3ccc(OC)cc3)CC2)s1. The van der Waals surface area contributed by atoms with E-state index in [2.05, 4.69) is 27.3 Å². The first-order valence-corrected chi connectivity index (χ1v) is 8.77. The summed E-state index contributed by atoms with van der Waals surface area (Å²) in [5.41, 5.74) is 1.96. The number of methoxy groups -OCH3 is 1. The Balaban J connectivity index is 1.63. The predicted molar refractivity (Wildman–Crippen MR) is 97.5 cm³/mol. The van der Waals surface area contributed by atoms with Crippen molar-refractivity contribution in [2.45, 2.75) is 6.92 Å². The van der Waals surface area contributed by atoms with Crippen LogP contribution in [-0.2, 0) is 0 Å². The first kappa shape index (κ1) is 16.6. The van der Waals surface area contributed by atoms with Gasteiger partial charge in [0.15, 0.2) is 5.13 Å². The number of carbonyl (C=O) groups excluding carboxylic acids is 1. The zero-order valence-electron chi connectivity index (χ0n) is 14.2. The molecular weight excluding hydrogens is 324 g/mol. The molecule has 2 aromatic rings. The van der Waals surface area contributed by atoms with Crippen LogP contribution in [0.4, 0.5) is 10.8 Å². The molecule has 3 rings (SSSR count). The highest BCUT2D eigenvalue weighted by atomic mass is 32.1. The molecule has 0 bridgehead atoms. The minimum atomic E-state index is 0.0841. The molecule has 0 radical (unpaired) electrons. The van der Waals surface area contributed by atoms with Crippen molar-refractivity contribution >= 4 is 28.1 Å². The number of benzene rings is 1. The summed E-state index contributed by atoms with van der Waals surface area (Å²) in [6.07, 6.45) is 0. The van der Waals surface area contributed by atoms with Gasteiger partial charge in [0.2, 0.25) is 0 Å². The first-order chi connectivity index (χ1) is 11.6. The van der Waals surface area contributed by atoms with Crippen LogP contribution < -0.4 is 15.0 Å². The molecule has 0 aliphatic carbocycles. The van der Waals surface area contributed by atoms with Gasteiger partial charge in [-0.15, -0.1) is 0 Å². The number of amides is 1. The molecular formula is C17H22N4O2S. The lowest BCUT2D eigenvalue weighted by Crippen LogP contribution is -2.48. The molecule has 1 aliphatic heterocycles. The van der Waals surface area contributed by atoms with E-state index in [4.69, 9.17) is 4.74 Å². The van der Waals surface area contributed by atoms with Gasteiger partial charge in [-0.2, -0.15) is 0 Å². The second-order valence-corrected chi connectivity index (χ2v) is 6.66. The number of anilines is 2. The van der Waals surface area contributed by atoms with Gasteiger partial charge < -0.3 is 19.9 Å². The topological polar surface area (TPSA) is 57.7 Å². The minimum Gasteiger partial charge on any atom is -0.497 e. The number of nitrogens with zero attached hydrogens (tertiary/aromatic N) is 3. The van der Waals surface area contributed by atoms with Gasteiger partial charge in [-0.3, -0.25) is 4.79 Å².